The molecule has 2 aromatic rings. The van der Waals surface area contributed by atoms with Gasteiger partial charge in [0.2, 0.25) is 0 Å². The number of benzene rings is 1. The van der Waals surface area contributed by atoms with E-state index in [1.807, 2.05) is 12.1 Å². The molecule has 3 nitrogen and oxygen atoms in total. The van der Waals surface area contributed by atoms with E-state index in [0.717, 1.165) is 31.1 Å². The van der Waals surface area contributed by atoms with E-state index < -0.39 is 0 Å². The van der Waals surface area contributed by atoms with E-state index in [1.165, 1.54) is 11.1 Å². The zero-order valence-electron chi connectivity index (χ0n) is 10.5. The normalized spacial score (nSPS) is 15.4. The van der Waals surface area contributed by atoms with E-state index in [9.17, 15) is 0 Å². The molecule has 2 heterocycles. The van der Waals surface area contributed by atoms with Crippen LogP contribution in [-0.2, 0) is 24.4 Å². The van der Waals surface area contributed by atoms with Gasteiger partial charge < -0.3 is 14.5 Å². The van der Waals surface area contributed by atoms with Crippen LogP contribution in [-0.4, -0.2) is 6.04 Å². The highest BCUT2D eigenvalue weighted by Crippen LogP contribution is 2.23. The topological polar surface area (TPSA) is 34.4 Å². The first-order valence-electron chi connectivity index (χ1n) is 6.30. The van der Waals surface area contributed by atoms with Gasteiger partial charge >= 0.3 is 0 Å². The van der Waals surface area contributed by atoms with Crippen molar-refractivity contribution in [3.63, 3.8) is 0 Å². The lowest BCUT2D eigenvalue weighted by molar-refractivity contribution is 0.134. The number of fused-ring (bicyclic) bond motifs is 1. The molecule has 0 saturated carbocycles. The quantitative estimate of drug-likeness (QED) is 0.894. The summed E-state index contributed by atoms with van der Waals surface area (Å²) in [5.74, 6) is 1.01. The largest absolute Gasteiger partial charge is 0.469 e. The van der Waals surface area contributed by atoms with Gasteiger partial charge in [0.1, 0.15) is 5.76 Å². The Balaban J connectivity index is 1.65. The van der Waals surface area contributed by atoms with Crippen LogP contribution in [0.3, 0.4) is 0 Å². The highest BCUT2D eigenvalue weighted by atomic mass is 16.5. The maximum Gasteiger partial charge on any atom is 0.105 e. The van der Waals surface area contributed by atoms with E-state index in [4.69, 9.17) is 9.15 Å². The Morgan fingerprint density at radius 1 is 1.22 bits per heavy atom. The minimum Gasteiger partial charge on any atom is -0.469 e. The first-order chi connectivity index (χ1) is 8.81. The Labute approximate surface area is 107 Å². The second-order valence-electron chi connectivity index (χ2n) is 4.81. The Morgan fingerprint density at radius 2 is 2.11 bits per heavy atom. The summed E-state index contributed by atoms with van der Waals surface area (Å²) in [4.78, 5) is 0. The number of hydrogen-bond acceptors (Lipinski definition) is 3. The zero-order valence-corrected chi connectivity index (χ0v) is 10.5. The summed E-state index contributed by atoms with van der Waals surface area (Å²) in [6.07, 6.45) is 2.61. The van der Waals surface area contributed by atoms with Crippen molar-refractivity contribution in [2.24, 2.45) is 0 Å². The van der Waals surface area contributed by atoms with Crippen molar-refractivity contribution >= 4 is 5.69 Å². The smallest absolute Gasteiger partial charge is 0.105 e. The molecule has 1 aromatic carbocycles. The number of ether oxygens (including phenoxy) is 1. The first kappa shape index (κ1) is 11.4. The maximum atomic E-state index is 5.42. The molecule has 0 amide bonds. The van der Waals surface area contributed by atoms with Crippen molar-refractivity contribution in [3.8, 4) is 0 Å². The van der Waals surface area contributed by atoms with E-state index in [2.05, 4.69) is 30.4 Å². The van der Waals surface area contributed by atoms with Crippen molar-refractivity contribution < 1.29 is 9.15 Å². The van der Waals surface area contributed by atoms with Crippen LogP contribution in [0, 0.1) is 0 Å². The molecule has 0 bridgehead atoms. The molecule has 1 aliphatic rings. The summed E-state index contributed by atoms with van der Waals surface area (Å²) in [6.45, 7) is 3.64. The SMILES string of the molecule is CC(Cc1ccco1)Nc1ccc2c(c1)COC2. The minimum absolute atomic E-state index is 0.344. The van der Waals surface area contributed by atoms with Gasteiger partial charge in [-0.25, -0.2) is 0 Å². The Kier molecular flexibility index (Phi) is 3.07. The lowest BCUT2D eigenvalue weighted by Crippen LogP contribution is -2.17. The highest BCUT2D eigenvalue weighted by Gasteiger charge is 2.12. The third-order valence-electron chi connectivity index (χ3n) is 3.22. The van der Waals surface area contributed by atoms with Gasteiger partial charge in [0.15, 0.2) is 0 Å². The molecule has 0 radical (unpaired) electrons. The van der Waals surface area contributed by atoms with Gasteiger partial charge in [-0.3, -0.25) is 0 Å². The van der Waals surface area contributed by atoms with Crippen molar-refractivity contribution in [1.29, 1.82) is 0 Å². The molecule has 3 heteroatoms. The number of hydrogen-bond donors (Lipinski definition) is 1. The summed E-state index contributed by atoms with van der Waals surface area (Å²) in [5.41, 5.74) is 3.75. The summed E-state index contributed by atoms with van der Waals surface area (Å²) in [7, 11) is 0. The average molecular weight is 243 g/mol. The van der Waals surface area contributed by atoms with Gasteiger partial charge in [0.25, 0.3) is 0 Å². The average Bonchev–Trinajstić information content (AvgIpc) is 2.98. The zero-order chi connectivity index (χ0) is 12.4. The molecule has 0 aliphatic carbocycles. The second kappa shape index (κ2) is 4.86. The molecule has 3 rings (SSSR count). The molecule has 1 atom stereocenters. The molecular weight excluding hydrogens is 226 g/mol. The van der Waals surface area contributed by atoms with Crippen LogP contribution in [0.1, 0.15) is 23.8 Å². The van der Waals surface area contributed by atoms with Crippen LogP contribution in [0.15, 0.2) is 41.0 Å². The molecular formula is C15H17NO2. The van der Waals surface area contributed by atoms with Gasteiger partial charge in [-0.1, -0.05) is 6.07 Å². The van der Waals surface area contributed by atoms with E-state index in [1.54, 1.807) is 6.26 Å². The van der Waals surface area contributed by atoms with Gasteiger partial charge in [-0.05, 0) is 42.3 Å². The predicted molar refractivity (Wildman–Crippen MR) is 70.4 cm³/mol. The minimum atomic E-state index is 0.344. The van der Waals surface area contributed by atoms with Crippen molar-refractivity contribution in [3.05, 3.63) is 53.5 Å². The lowest BCUT2D eigenvalue weighted by atomic mass is 10.1. The monoisotopic (exact) mass is 243 g/mol. The predicted octanol–water partition coefficient (Wildman–Crippen LogP) is 3.35. The summed E-state index contributed by atoms with van der Waals surface area (Å²) in [6, 6.07) is 10.7. The lowest BCUT2D eigenvalue weighted by Gasteiger charge is -2.14. The van der Waals surface area contributed by atoms with Crippen molar-refractivity contribution in [1.82, 2.24) is 0 Å². The van der Waals surface area contributed by atoms with Crippen LogP contribution < -0.4 is 5.32 Å². The molecule has 0 fully saturated rings. The molecule has 0 saturated heterocycles. The van der Waals surface area contributed by atoms with Crippen LogP contribution >= 0.6 is 0 Å². The van der Waals surface area contributed by atoms with Crippen LogP contribution in [0.25, 0.3) is 0 Å². The Morgan fingerprint density at radius 3 is 2.94 bits per heavy atom. The standard InChI is InChI=1S/C15H17NO2/c1-11(7-15-3-2-6-18-15)16-14-5-4-12-9-17-10-13(12)8-14/h2-6,8,11,16H,7,9-10H2,1H3. The van der Waals surface area contributed by atoms with Gasteiger partial charge in [0, 0.05) is 18.2 Å². The van der Waals surface area contributed by atoms with E-state index >= 15 is 0 Å². The number of furan rings is 1. The number of anilines is 1. The van der Waals surface area contributed by atoms with Crippen molar-refractivity contribution in [2.75, 3.05) is 5.32 Å². The van der Waals surface area contributed by atoms with E-state index in [0.29, 0.717) is 6.04 Å². The van der Waals surface area contributed by atoms with Crippen LogP contribution in [0.5, 0.6) is 0 Å². The number of rotatable bonds is 4. The van der Waals surface area contributed by atoms with Crippen molar-refractivity contribution in [2.45, 2.75) is 32.6 Å². The van der Waals surface area contributed by atoms with Crippen LogP contribution in [0.2, 0.25) is 0 Å². The molecule has 1 aromatic heterocycles. The second-order valence-corrected chi connectivity index (χ2v) is 4.81. The van der Waals surface area contributed by atoms with Gasteiger partial charge in [-0.15, -0.1) is 0 Å². The maximum absolute atomic E-state index is 5.42. The molecule has 0 spiro atoms. The molecule has 18 heavy (non-hydrogen) atoms. The number of nitrogens with one attached hydrogen (secondary N) is 1. The summed E-state index contributed by atoms with van der Waals surface area (Å²) >= 11 is 0. The molecule has 1 N–H and O–H groups in total. The first-order valence-corrected chi connectivity index (χ1v) is 6.30. The summed E-state index contributed by atoms with van der Waals surface area (Å²) < 4.78 is 10.8. The molecule has 1 unspecified atom stereocenters. The van der Waals surface area contributed by atoms with Gasteiger partial charge in [0.05, 0.1) is 19.5 Å². The fourth-order valence-corrected chi connectivity index (χ4v) is 2.33. The van der Waals surface area contributed by atoms with Crippen LogP contribution in [0.4, 0.5) is 5.69 Å². The summed E-state index contributed by atoms with van der Waals surface area (Å²) in [5, 5.41) is 3.49. The fraction of sp³-hybridized carbons (Fsp3) is 0.333. The Bertz CT molecular complexity index is 519. The third kappa shape index (κ3) is 2.41. The van der Waals surface area contributed by atoms with E-state index in [-0.39, 0.29) is 0 Å². The molecule has 94 valence electrons. The van der Waals surface area contributed by atoms with Gasteiger partial charge in [-0.2, -0.15) is 0 Å². The molecule has 1 aliphatic heterocycles. The Hall–Kier alpha value is -1.74. The fourth-order valence-electron chi connectivity index (χ4n) is 2.33. The highest BCUT2D eigenvalue weighted by molar-refractivity contribution is 5.49. The third-order valence-corrected chi connectivity index (χ3v) is 3.22.